The highest BCUT2D eigenvalue weighted by atomic mass is 19.4. The van der Waals surface area contributed by atoms with Gasteiger partial charge in [-0.1, -0.05) is 17.7 Å². The summed E-state index contributed by atoms with van der Waals surface area (Å²) >= 11 is 0. The first kappa shape index (κ1) is 19.6. The zero-order valence-electron chi connectivity index (χ0n) is 14.6. The van der Waals surface area contributed by atoms with E-state index in [0.717, 1.165) is 22.9 Å². The maximum Gasteiger partial charge on any atom is 0.431 e. The smallest absolute Gasteiger partial charge is 0.385 e. The second kappa shape index (κ2) is 7.63. The standard InChI is InChI=1S/C18H20F3N3O2/c1-4-22-14-7-5-10(2)9-13(14)11(3)23-16(25)12-6-8-15(18(19,20)21)24-17(12)26/h5-9,11,22H,4H2,1-3H3,(H,23,25)(H,24,26)/t11-/m1/s1. The predicted molar refractivity (Wildman–Crippen MR) is 93.3 cm³/mol. The molecule has 0 aliphatic carbocycles. The van der Waals surface area contributed by atoms with Gasteiger partial charge in [0.25, 0.3) is 11.5 Å². The number of carbonyl (C=O) groups is 1. The first-order valence-electron chi connectivity index (χ1n) is 8.09. The fourth-order valence-corrected chi connectivity index (χ4v) is 2.56. The van der Waals surface area contributed by atoms with Crippen LogP contribution in [0.5, 0.6) is 0 Å². The number of hydrogen-bond acceptors (Lipinski definition) is 3. The Morgan fingerprint density at radius 3 is 2.50 bits per heavy atom. The monoisotopic (exact) mass is 367 g/mol. The molecule has 0 unspecified atom stereocenters. The summed E-state index contributed by atoms with van der Waals surface area (Å²) in [4.78, 5) is 25.9. The molecule has 2 rings (SSSR count). The van der Waals surface area contributed by atoms with Crippen LogP contribution in [0.25, 0.3) is 0 Å². The third-order valence-electron chi connectivity index (χ3n) is 3.85. The molecule has 0 saturated carbocycles. The van der Waals surface area contributed by atoms with Gasteiger partial charge in [0.15, 0.2) is 0 Å². The van der Waals surface area contributed by atoms with Crippen LogP contribution < -0.4 is 16.2 Å². The quantitative estimate of drug-likeness (QED) is 0.756. The van der Waals surface area contributed by atoms with Crippen LogP contribution in [0.2, 0.25) is 0 Å². The van der Waals surface area contributed by atoms with Crippen LogP contribution in [0, 0.1) is 6.92 Å². The number of halogens is 3. The molecule has 1 atom stereocenters. The molecule has 0 bridgehead atoms. The second-order valence-corrected chi connectivity index (χ2v) is 5.93. The molecule has 0 aliphatic heterocycles. The summed E-state index contributed by atoms with van der Waals surface area (Å²) in [6, 6.07) is 6.83. The van der Waals surface area contributed by atoms with E-state index < -0.39 is 29.4 Å². The van der Waals surface area contributed by atoms with Gasteiger partial charge in [-0.05, 0) is 44.5 Å². The van der Waals surface area contributed by atoms with Crippen molar-refractivity contribution in [2.45, 2.75) is 33.0 Å². The van der Waals surface area contributed by atoms with Crippen LogP contribution in [0.4, 0.5) is 18.9 Å². The predicted octanol–water partition coefficient (Wildman–Crippen LogP) is 3.62. The lowest BCUT2D eigenvalue weighted by atomic mass is 10.0. The van der Waals surface area contributed by atoms with Crippen LogP contribution in [0.15, 0.2) is 35.1 Å². The van der Waals surface area contributed by atoms with Gasteiger partial charge in [0.1, 0.15) is 11.3 Å². The van der Waals surface area contributed by atoms with Crippen LogP contribution in [-0.4, -0.2) is 17.4 Å². The summed E-state index contributed by atoms with van der Waals surface area (Å²) in [7, 11) is 0. The summed E-state index contributed by atoms with van der Waals surface area (Å²) in [6.45, 7) is 6.28. The van der Waals surface area contributed by atoms with E-state index in [1.54, 1.807) is 11.9 Å². The molecule has 0 aliphatic rings. The molecular weight excluding hydrogens is 347 g/mol. The number of aryl methyl sites for hydroxylation is 1. The van der Waals surface area contributed by atoms with Crippen molar-refractivity contribution in [3.8, 4) is 0 Å². The van der Waals surface area contributed by atoms with Crippen molar-refractivity contribution in [2.75, 3.05) is 11.9 Å². The van der Waals surface area contributed by atoms with Gasteiger partial charge in [0.05, 0.1) is 6.04 Å². The Morgan fingerprint density at radius 2 is 1.92 bits per heavy atom. The topological polar surface area (TPSA) is 74.0 Å². The average molecular weight is 367 g/mol. The Balaban J connectivity index is 2.25. The minimum Gasteiger partial charge on any atom is -0.385 e. The molecule has 1 heterocycles. The number of carbonyl (C=O) groups excluding carboxylic acids is 1. The van der Waals surface area contributed by atoms with E-state index in [-0.39, 0.29) is 5.56 Å². The number of nitrogens with one attached hydrogen (secondary N) is 3. The van der Waals surface area contributed by atoms with Crippen molar-refractivity contribution >= 4 is 11.6 Å². The number of H-pyrrole nitrogens is 1. The Labute approximate surface area is 148 Å². The molecule has 8 heteroatoms. The van der Waals surface area contributed by atoms with E-state index in [2.05, 4.69) is 10.6 Å². The molecular formula is C18H20F3N3O2. The van der Waals surface area contributed by atoms with Gasteiger partial charge in [-0.2, -0.15) is 13.2 Å². The molecule has 0 spiro atoms. The number of aromatic nitrogens is 1. The van der Waals surface area contributed by atoms with Crippen molar-refractivity contribution in [3.63, 3.8) is 0 Å². The number of amides is 1. The summed E-state index contributed by atoms with van der Waals surface area (Å²) in [5, 5.41) is 5.85. The highest BCUT2D eigenvalue weighted by molar-refractivity contribution is 5.94. The lowest BCUT2D eigenvalue weighted by Crippen LogP contribution is -2.32. The SMILES string of the molecule is CCNc1ccc(C)cc1[C@@H](C)NC(=O)c1ccc(C(F)(F)F)[nH]c1=O. The van der Waals surface area contributed by atoms with Crippen molar-refractivity contribution in [1.82, 2.24) is 10.3 Å². The minimum atomic E-state index is -4.68. The first-order chi connectivity index (χ1) is 12.1. The number of benzene rings is 1. The molecule has 3 N–H and O–H groups in total. The van der Waals surface area contributed by atoms with Crippen molar-refractivity contribution in [1.29, 1.82) is 0 Å². The molecule has 1 aromatic heterocycles. The van der Waals surface area contributed by atoms with Gasteiger partial charge >= 0.3 is 6.18 Å². The normalized spacial score (nSPS) is 12.5. The number of pyridine rings is 1. The van der Waals surface area contributed by atoms with Gasteiger partial charge in [0, 0.05) is 12.2 Å². The molecule has 140 valence electrons. The fraction of sp³-hybridized carbons (Fsp3) is 0.333. The minimum absolute atomic E-state index is 0.373. The third-order valence-corrected chi connectivity index (χ3v) is 3.85. The maximum absolute atomic E-state index is 12.6. The lowest BCUT2D eigenvalue weighted by Gasteiger charge is -2.19. The fourth-order valence-electron chi connectivity index (χ4n) is 2.56. The number of aromatic amines is 1. The van der Waals surface area contributed by atoms with E-state index in [9.17, 15) is 22.8 Å². The van der Waals surface area contributed by atoms with Crippen LogP contribution in [-0.2, 0) is 6.18 Å². The summed E-state index contributed by atoms with van der Waals surface area (Å²) in [5.41, 5.74) is 0.00860. The Kier molecular flexibility index (Phi) is 5.74. The summed E-state index contributed by atoms with van der Waals surface area (Å²) in [5.74, 6) is -0.739. The van der Waals surface area contributed by atoms with Crippen molar-refractivity contribution < 1.29 is 18.0 Å². The zero-order chi connectivity index (χ0) is 19.5. The van der Waals surface area contributed by atoms with Gasteiger partial charge in [0.2, 0.25) is 0 Å². The van der Waals surface area contributed by atoms with Gasteiger partial charge in [-0.25, -0.2) is 0 Å². The lowest BCUT2D eigenvalue weighted by molar-refractivity contribution is -0.141. The van der Waals surface area contributed by atoms with E-state index >= 15 is 0 Å². The second-order valence-electron chi connectivity index (χ2n) is 5.93. The maximum atomic E-state index is 12.6. The molecule has 2 aromatic rings. The molecule has 1 amide bonds. The van der Waals surface area contributed by atoms with Crippen molar-refractivity contribution in [2.24, 2.45) is 0 Å². The van der Waals surface area contributed by atoms with E-state index in [4.69, 9.17) is 0 Å². The highest BCUT2D eigenvalue weighted by Crippen LogP contribution is 2.27. The molecule has 26 heavy (non-hydrogen) atoms. The van der Waals surface area contributed by atoms with Crippen LogP contribution in [0.3, 0.4) is 0 Å². The highest BCUT2D eigenvalue weighted by Gasteiger charge is 2.32. The van der Waals surface area contributed by atoms with Gasteiger partial charge < -0.3 is 15.6 Å². The number of anilines is 1. The molecule has 5 nitrogen and oxygen atoms in total. The Hall–Kier alpha value is -2.77. The van der Waals surface area contributed by atoms with Gasteiger partial charge in [-0.3, -0.25) is 9.59 Å². The van der Waals surface area contributed by atoms with Crippen LogP contribution in [0.1, 0.15) is 47.1 Å². The average Bonchev–Trinajstić information content (AvgIpc) is 2.55. The molecule has 0 saturated heterocycles. The largest absolute Gasteiger partial charge is 0.431 e. The molecule has 0 radical (unpaired) electrons. The van der Waals surface area contributed by atoms with E-state index in [1.165, 1.54) is 0 Å². The molecule has 1 aromatic carbocycles. The Bertz CT molecular complexity index is 859. The van der Waals surface area contributed by atoms with Gasteiger partial charge in [-0.15, -0.1) is 0 Å². The van der Waals surface area contributed by atoms with Crippen LogP contribution >= 0.6 is 0 Å². The zero-order valence-corrected chi connectivity index (χ0v) is 14.6. The number of rotatable bonds is 5. The number of alkyl halides is 3. The first-order valence-corrected chi connectivity index (χ1v) is 8.09. The van der Waals surface area contributed by atoms with E-state index in [1.807, 2.05) is 32.0 Å². The Morgan fingerprint density at radius 1 is 1.23 bits per heavy atom. The third kappa shape index (κ3) is 4.44. The number of hydrogen-bond donors (Lipinski definition) is 3. The van der Waals surface area contributed by atoms with Crippen molar-refractivity contribution in [3.05, 3.63) is 63.1 Å². The van der Waals surface area contributed by atoms with E-state index in [0.29, 0.717) is 12.6 Å². The summed E-state index contributed by atoms with van der Waals surface area (Å²) in [6.07, 6.45) is -4.68. The molecule has 0 fully saturated rings. The summed E-state index contributed by atoms with van der Waals surface area (Å²) < 4.78 is 37.8.